The predicted octanol–water partition coefficient (Wildman–Crippen LogP) is 1.03. The molecule has 2 aromatic heterocycles. The van der Waals surface area contributed by atoms with Crippen LogP contribution in [0.1, 0.15) is 28.9 Å². The number of rotatable bonds is 4. The summed E-state index contributed by atoms with van der Waals surface area (Å²) >= 11 is 0. The van der Waals surface area contributed by atoms with Gasteiger partial charge in [0.1, 0.15) is 5.82 Å². The molecule has 0 radical (unpaired) electrons. The zero-order valence-electron chi connectivity index (χ0n) is 10.4. The van der Waals surface area contributed by atoms with E-state index >= 15 is 0 Å². The number of hydrogen-bond donors (Lipinski definition) is 1. The highest BCUT2D eigenvalue weighted by Crippen LogP contribution is 2.04. The maximum absolute atomic E-state index is 12.0. The van der Waals surface area contributed by atoms with Gasteiger partial charge in [0, 0.05) is 32.4 Å². The first-order chi connectivity index (χ1) is 8.70. The molecule has 2 aromatic rings. The van der Waals surface area contributed by atoms with Gasteiger partial charge in [0.2, 0.25) is 5.82 Å². The topological polar surface area (TPSA) is 74.8 Å². The smallest absolute Gasteiger partial charge is 0.293 e. The molecule has 6 nitrogen and oxygen atoms in total. The standard InChI is InChI=1S/C12H15N5O/c1-3-10-14-11(16-15-10)12(18)17(2)8-9-5-4-6-13-7-9/h4-7H,3,8H2,1-2H3,(H,14,15,16). The van der Waals surface area contributed by atoms with Crippen molar-refractivity contribution < 1.29 is 4.79 Å². The summed E-state index contributed by atoms with van der Waals surface area (Å²) in [7, 11) is 1.72. The summed E-state index contributed by atoms with van der Waals surface area (Å²) in [5, 5.41) is 6.64. The van der Waals surface area contributed by atoms with Crippen molar-refractivity contribution in [3.05, 3.63) is 41.7 Å². The molecule has 0 unspecified atom stereocenters. The number of amides is 1. The van der Waals surface area contributed by atoms with Crippen LogP contribution in [0, 0.1) is 0 Å². The molecule has 0 aliphatic carbocycles. The fourth-order valence-corrected chi connectivity index (χ4v) is 1.56. The maximum Gasteiger partial charge on any atom is 0.293 e. The number of pyridine rings is 1. The Morgan fingerprint density at radius 2 is 2.33 bits per heavy atom. The van der Waals surface area contributed by atoms with Gasteiger partial charge in [-0.3, -0.25) is 14.9 Å². The van der Waals surface area contributed by atoms with Gasteiger partial charge in [-0.25, -0.2) is 4.98 Å². The Labute approximate surface area is 105 Å². The second-order valence-corrected chi connectivity index (χ2v) is 3.98. The van der Waals surface area contributed by atoms with E-state index in [2.05, 4.69) is 20.2 Å². The molecule has 0 spiro atoms. The maximum atomic E-state index is 12.0. The average Bonchev–Trinajstić information content (AvgIpc) is 2.87. The van der Waals surface area contributed by atoms with Gasteiger partial charge >= 0.3 is 0 Å². The van der Waals surface area contributed by atoms with Crippen molar-refractivity contribution >= 4 is 5.91 Å². The van der Waals surface area contributed by atoms with Gasteiger partial charge < -0.3 is 4.90 Å². The molecular formula is C12H15N5O. The molecule has 0 aliphatic rings. The average molecular weight is 245 g/mol. The Balaban J connectivity index is 2.05. The Hall–Kier alpha value is -2.24. The third-order valence-corrected chi connectivity index (χ3v) is 2.55. The minimum Gasteiger partial charge on any atom is -0.335 e. The van der Waals surface area contributed by atoms with Crippen molar-refractivity contribution in [1.82, 2.24) is 25.1 Å². The number of aromatic nitrogens is 4. The summed E-state index contributed by atoms with van der Waals surface area (Å²) < 4.78 is 0. The van der Waals surface area contributed by atoms with E-state index in [0.717, 1.165) is 12.0 Å². The monoisotopic (exact) mass is 245 g/mol. The number of carbonyl (C=O) groups is 1. The van der Waals surface area contributed by atoms with E-state index in [1.807, 2.05) is 19.1 Å². The van der Waals surface area contributed by atoms with Crippen molar-refractivity contribution in [2.45, 2.75) is 19.9 Å². The summed E-state index contributed by atoms with van der Waals surface area (Å²) in [5.41, 5.74) is 0.972. The first-order valence-corrected chi connectivity index (χ1v) is 5.76. The van der Waals surface area contributed by atoms with E-state index < -0.39 is 0 Å². The number of aryl methyl sites for hydroxylation is 1. The SMILES string of the molecule is CCc1nc(C(=O)N(C)Cc2cccnc2)n[nH]1. The van der Waals surface area contributed by atoms with Crippen LogP contribution < -0.4 is 0 Å². The summed E-state index contributed by atoms with van der Waals surface area (Å²) in [5.74, 6) is 0.723. The van der Waals surface area contributed by atoms with E-state index in [1.54, 1.807) is 24.3 Å². The molecule has 6 heteroatoms. The zero-order valence-corrected chi connectivity index (χ0v) is 10.4. The zero-order chi connectivity index (χ0) is 13.0. The van der Waals surface area contributed by atoms with Gasteiger partial charge in [0.25, 0.3) is 5.91 Å². The highest BCUT2D eigenvalue weighted by atomic mass is 16.2. The van der Waals surface area contributed by atoms with Gasteiger partial charge in [0.15, 0.2) is 0 Å². The van der Waals surface area contributed by atoms with Crippen LogP contribution in [0.5, 0.6) is 0 Å². The lowest BCUT2D eigenvalue weighted by Crippen LogP contribution is -2.27. The minimum absolute atomic E-state index is 0.199. The Morgan fingerprint density at radius 3 is 2.94 bits per heavy atom. The molecule has 0 saturated carbocycles. The molecule has 2 heterocycles. The molecular weight excluding hydrogens is 230 g/mol. The molecule has 94 valence electrons. The van der Waals surface area contributed by atoms with E-state index in [0.29, 0.717) is 12.4 Å². The second-order valence-electron chi connectivity index (χ2n) is 3.98. The number of aromatic amines is 1. The molecule has 0 atom stereocenters. The first kappa shape index (κ1) is 12.2. The summed E-state index contributed by atoms with van der Waals surface area (Å²) in [4.78, 5) is 21.7. The number of hydrogen-bond acceptors (Lipinski definition) is 4. The number of nitrogens with zero attached hydrogens (tertiary/aromatic N) is 4. The third kappa shape index (κ3) is 2.71. The highest BCUT2D eigenvalue weighted by molar-refractivity contribution is 5.90. The largest absolute Gasteiger partial charge is 0.335 e. The van der Waals surface area contributed by atoms with Gasteiger partial charge in [-0.05, 0) is 11.6 Å². The molecule has 1 N–H and O–H groups in total. The molecule has 2 rings (SSSR count). The lowest BCUT2D eigenvalue weighted by atomic mass is 10.2. The Kier molecular flexibility index (Phi) is 3.66. The van der Waals surface area contributed by atoms with Gasteiger partial charge in [-0.1, -0.05) is 13.0 Å². The highest BCUT2D eigenvalue weighted by Gasteiger charge is 2.16. The van der Waals surface area contributed by atoms with Crippen LogP contribution in [0.4, 0.5) is 0 Å². The minimum atomic E-state index is -0.199. The predicted molar refractivity (Wildman–Crippen MR) is 65.8 cm³/mol. The van der Waals surface area contributed by atoms with Crippen molar-refractivity contribution in [2.75, 3.05) is 7.05 Å². The van der Waals surface area contributed by atoms with Crippen molar-refractivity contribution in [3.8, 4) is 0 Å². The fraction of sp³-hybridized carbons (Fsp3) is 0.333. The molecule has 0 bridgehead atoms. The molecule has 0 aliphatic heterocycles. The van der Waals surface area contributed by atoms with Crippen molar-refractivity contribution in [1.29, 1.82) is 0 Å². The summed E-state index contributed by atoms with van der Waals surface area (Å²) in [6.45, 7) is 2.44. The van der Waals surface area contributed by atoms with Crippen LogP contribution in [0.15, 0.2) is 24.5 Å². The number of carbonyl (C=O) groups excluding carboxylic acids is 1. The lowest BCUT2D eigenvalue weighted by molar-refractivity contribution is 0.0773. The van der Waals surface area contributed by atoms with E-state index in [9.17, 15) is 4.79 Å². The van der Waals surface area contributed by atoms with Crippen LogP contribution in [0.3, 0.4) is 0 Å². The lowest BCUT2D eigenvalue weighted by Gasteiger charge is -2.14. The Morgan fingerprint density at radius 1 is 1.50 bits per heavy atom. The van der Waals surface area contributed by atoms with Gasteiger partial charge in [-0.15, -0.1) is 5.10 Å². The number of nitrogens with one attached hydrogen (secondary N) is 1. The molecule has 0 saturated heterocycles. The van der Waals surface area contributed by atoms with E-state index in [4.69, 9.17) is 0 Å². The summed E-state index contributed by atoms with van der Waals surface area (Å²) in [6, 6.07) is 3.77. The molecule has 18 heavy (non-hydrogen) atoms. The van der Waals surface area contributed by atoms with Crippen LogP contribution in [-0.4, -0.2) is 38.0 Å². The normalized spacial score (nSPS) is 10.3. The van der Waals surface area contributed by atoms with Crippen LogP contribution >= 0.6 is 0 Å². The van der Waals surface area contributed by atoms with Crippen LogP contribution in [0.25, 0.3) is 0 Å². The van der Waals surface area contributed by atoms with Gasteiger partial charge in [0.05, 0.1) is 0 Å². The van der Waals surface area contributed by atoms with Crippen molar-refractivity contribution in [2.24, 2.45) is 0 Å². The molecule has 0 aromatic carbocycles. The molecule has 0 fully saturated rings. The Bertz CT molecular complexity index is 522. The van der Waals surface area contributed by atoms with Gasteiger partial charge in [-0.2, -0.15) is 0 Å². The third-order valence-electron chi connectivity index (χ3n) is 2.55. The number of H-pyrrole nitrogens is 1. The van der Waals surface area contributed by atoms with Crippen LogP contribution in [-0.2, 0) is 13.0 Å². The first-order valence-electron chi connectivity index (χ1n) is 5.76. The van der Waals surface area contributed by atoms with Crippen LogP contribution in [0.2, 0.25) is 0 Å². The quantitative estimate of drug-likeness (QED) is 0.873. The second kappa shape index (κ2) is 5.39. The fourth-order valence-electron chi connectivity index (χ4n) is 1.56. The van der Waals surface area contributed by atoms with Crippen molar-refractivity contribution in [3.63, 3.8) is 0 Å². The summed E-state index contributed by atoms with van der Waals surface area (Å²) in [6.07, 6.45) is 4.17. The van der Waals surface area contributed by atoms with E-state index in [-0.39, 0.29) is 11.7 Å². The van der Waals surface area contributed by atoms with E-state index in [1.165, 1.54) is 0 Å². The molecule has 1 amide bonds.